The molecule has 0 saturated carbocycles. The van der Waals surface area contributed by atoms with Crippen molar-refractivity contribution in [3.8, 4) is 0 Å². The summed E-state index contributed by atoms with van der Waals surface area (Å²) in [6.07, 6.45) is 1.42. The normalized spacial score (nSPS) is 10.9. The number of aryl methyl sites for hydroxylation is 1. The maximum absolute atomic E-state index is 12.6. The predicted octanol–water partition coefficient (Wildman–Crippen LogP) is 3.20. The Bertz CT molecular complexity index is 1200. The second-order valence-electron chi connectivity index (χ2n) is 6.05. The molecule has 0 aliphatic carbocycles. The number of amides is 3. The molecular formula is C19H16ClN5O4S. The summed E-state index contributed by atoms with van der Waals surface area (Å²) in [4.78, 5) is 31.8. The molecule has 0 saturated heterocycles. The fourth-order valence-corrected chi connectivity index (χ4v) is 3.83. The third kappa shape index (κ3) is 5.31. The van der Waals surface area contributed by atoms with E-state index in [1.807, 2.05) is 4.72 Å². The van der Waals surface area contributed by atoms with E-state index in [1.54, 1.807) is 43.3 Å². The van der Waals surface area contributed by atoms with E-state index in [-0.39, 0.29) is 21.6 Å². The number of nitrogens with one attached hydrogen (secondary N) is 3. The summed E-state index contributed by atoms with van der Waals surface area (Å²) < 4.78 is 27.1. The van der Waals surface area contributed by atoms with Crippen molar-refractivity contribution in [3.05, 3.63) is 77.1 Å². The van der Waals surface area contributed by atoms with Crippen LogP contribution in [0.3, 0.4) is 0 Å². The number of urea groups is 1. The number of rotatable bonds is 5. The van der Waals surface area contributed by atoms with Gasteiger partial charge in [-0.3, -0.25) is 10.1 Å². The molecule has 0 fully saturated rings. The lowest BCUT2D eigenvalue weighted by Gasteiger charge is -2.11. The molecule has 11 heteroatoms. The van der Waals surface area contributed by atoms with E-state index in [9.17, 15) is 18.0 Å². The van der Waals surface area contributed by atoms with Crippen molar-refractivity contribution < 1.29 is 18.0 Å². The standard InChI is InChI=1S/C19H16ClN5O4S/c1-12-9-10-21-18(22-12)24-19(27)25-30(28,29)16-11-14(7-8-15(16)20)23-17(26)13-5-3-2-4-6-13/h2-11H,1H3,(H,23,26)(H2,21,22,24,25,27). The van der Waals surface area contributed by atoms with Crippen LogP contribution in [0.25, 0.3) is 0 Å². The maximum atomic E-state index is 12.6. The van der Waals surface area contributed by atoms with E-state index in [2.05, 4.69) is 20.6 Å². The highest BCUT2D eigenvalue weighted by molar-refractivity contribution is 7.90. The molecule has 3 N–H and O–H groups in total. The summed E-state index contributed by atoms with van der Waals surface area (Å²) in [5.74, 6) is -0.485. The number of nitrogens with zero attached hydrogens (tertiary/aromatic N) is 2. The first-order valence-electron chi connectivity index (χ1n) is 8.54. The highest BCUT2D eigenvalue weighted by atomic mass is 35.5. The van der Waals surface area contributed by atoms with E-state index in [0.29, 0.717) is 11.3 Å². The van der Waals surface area contributed by atoms with Gasteiger partial charge in [-0.15, -0.1) is 0 Å². The van der Waals surface area contributed by atoms with Gasteiger partial charge in [-0.25, -0.2) is 27.9 Å². The van der Waals surface area contributed by atoms with Crippen LogP contribution in [0.4, 0.5) is 16.4 Å². The lowest BCUT2D eigenvalue weighted by Crippen LogP contribution is -2.35. The maximum Gasteiger partial charge on any atom is 0.335 e. The Kier molecular flexibility index (Phi) is 6.28. The van der Waals surface area contributed by atoms with Gasteiger partial charge in [0.05, 0.1) is 5.02 Å². The number of carbonyl (C=O) groups is 2. The van der Waals surface area contributed by atoms with Crippen LogP contribution >= 0.6 is 11.6 Å². The third-order valence-corrected chi connectivity index (χ3v) is 5.57. The van der Waals surface area contributed by atoms with Crippen LogP contribution in [0.5, 0.6) is 0 Å². The average molecular weight is 446 g/mol. The van der Waals surface area contributed by atoms with Gasteiger partial charge in [0, 0.05) is 23.1 Å². The number of hydrogen-bond donors (Lipinski definition) is 3. The quantitative estimate of drug-likeness (QED) is 0.552. The SMILES string of the molecule is Cc1ccnc(NC(=O)NS(=O)(=O)c2cc(NC(=O)c3ccccc3)ccc2Cl)n1. The molecule has 3 rings (SSSR count). The van der Waals surface area contributed by atoms with Crippen LogP contribution in [0, 0.1) is 6.92 Å². The van der Waals surface area contributed by atoms with Crippen molar-refractivity contribution >= 4 is 45.2 Å². The van der Waals surface area contributed by atoms with Crippen LogP contribution in [0.2, 0.25) is 5.02 Å². The zero-order valence-corrected chi connectivity index (χ0v) is 17.2. The monoisotopic (exact) mass is 445 g/mol. The molecule has 9 nitrogen and oxygen atoms in total. The Balaban J connectivity index is 1.77. The van der Waals surface area contributed by atoms with Gasteiger partial charge in [0.2, 0.25) is 5.95 Å². The molecule has 30 heavy (non-hydrogen) atoms. The summed E-state index contributed by atoms with van der Waals surface area (Å²) in [5.41, 5.74) is 1.18. The lowest BCUT2D eigenvalue weighted by molar-refractivity contribution is 0.102. The summed E-state index contributed by atoms with van der Waals surface area (Å²) in [5, 5.41) is 4.69. The van der Waals surface area contributed by atoms with E-state index < -0.39 is 22.0 Å². The molecule has 0 aliphatic heterocycles. The van der Waals surface area contributed by atoms with Crippen LogP contribution in [0.1, 0.15) is 16.1 Å². The number of hydrogen-bond acceptors (Lipinski definition) is 6. The number of halogens is 1. The van der Waals surface area contributed by atoms with Crippen molar-refractivity contribution in [3.63, 3.8) is 0 Å². The number of anilines is 2. The van der Waals surface area contributed by atoms with Gasteiger partial charge in [0.1, 0.15) is 4.90 Å². The molecule has 0 aliphatic rings. The number of carbonyl (C=O) groups excluding carboxylic acids is 2. The molecule has 2 aromatic carbocycles. The van der Waals surface area contributed by atoms with E-state index in [0.717, 1.165) is 6.07 Å². The van der Waals surface area contributed by atoms with Gasteiger partial charge in [-0.2, -0.15) is 0 Å². The Morgan fingerprint density at radius 1 is 1.00 bits per heavy atom. The third-order valence-electron chi connectivity index (χ3n) is 3.76. The van der Waals surface area contributed by atoms with E-state index in [1.165, 1.54) is 18.3 Å². The van der Waals surface area contributed by atoms with Crippen molar-refractivity contribution in [1.29, 1.82) is 0 Å². The summed E-state index contributed by atoms with van der Waals surface area (Å²) in [6, 6.07) is 12.9. The largest absolute Gasteiger partial charge is 0.335 e. The minimum Gasteiger partial charge on any atom is -0.322 e. The van der Waals surface area contributed by atoms with Crippen molar-refractivity contribution in [2.75, 3.05) is 10.6 Å². The van der Waals surface area contributed by atoms with Gasteiger partial charge in [-0.05, 0) is 43.3 Å². The second kappa shape index (κ2) is 8.89. The highest BCUT2D eigenvalue weighted by Gasteiger charge is 2.22. The Hall–Kier alpha value is -3.50. The Morgan fingerprint density at radius 2 is 1.73 bits per heavy atom. The topological polar surface area (TPSA) is 130 Å². The van der Waals surface area contributed by atoms with Crippen molar-refractivity contribution in [2.45, 2.75) is 11.8 Å². The molecule has 3 aromatic rings. The number of aromatic nitrogens is 2. The second-order valence-corrected chi connectivity index (χ2v) is 8.10. The molecule has 154 valence electrons. The minimum atomic E-state index is -4.34. The van der Waals surface area contributed by atoms with Crippen LogP contribution < -0.4 is 15.4 Å². The Labute approximate surface area is 177 Å². The summed E-state index contributed by atoms with van der Waals surface area (Å²) in [7, 11) is -4.34. The summed E-state index contributed by atoms with van der Waals surface area (Å²) in [6.45, 7) is 1.69. The lowest BCUT2D eigenvalue weighted by atomic mass is 10.2. The van der Waals surface area contributed by atoms with Gasteiger partial charge in [0.15, 0.2) is 0 Å². The van der Waals surface area contributed by atoms with E-state index >= 15 is 0 Å². The molecule has 0 radical (unpaired) electrons. The van der Waals surface area contributed by atoms with Gasteiger partial charge < -0.3 is 5.32 Å². The molecule has 0 atom stereocenters. The number of benzene rings is 2. The average Bonchev–Trinajstić information content (AvgIpc) is 2.69. The first-order chi connectivity index (χ1) is 14.2. The first kappa shape index (κ1) is 21.2. The van der Waals surface area contributed by atoms with Crippen LogP contribution in [-0.2, 0) is 10.0 Å². The molecule has 0 bridgehead atoms. The zero-order chi connectivity index (χ0) is 21.7. The minimum absolute atomic E-state index is 0.0577. The zero-order valence-electron chi connectivity index (χ0n) is 15.6. The van der Waals surface area contributed by atoms with Crippen molar-refractivity contribution in [1.82, 2.24) is 14.7 Å². The van der Waals surface area contributed by atoms with E-state index in [4.69, 9.17) is 11.6 Å². The molecule has 1 aromatic heterocycles. The smallest absolute Gasteiger partial charge is 0.322 e. The molecule has 3 amide bonds. The first-order valence-corrected chi connectivity index (χ1v) is 10.4. The predicted molar refractivity (Wildman–Crippen MR) is 112 cm³/mol. The van der Waals surface area contributed by atoms with Crippen LogP contribution in [0.15, 0.2) is 65.7 Å². The molecular weight excluding hydrogens is 430 g/mol. The van der Waals surface area contributed by atoms with Gasteiger partial charge >= 0.3 is 6.03 Å². The molecule has 0 unspecified atom stereocenters. The molecule has 1 heterocycles. The molecule has 0 spiro atoms. The Morgan fingerprint density at radius 3 is 2.43 bits per heavy atom. The van der Waals surface area contributed by atoms with Gasteiger partial charge in [0.25, 0.3) is 15.9 Å². The summed E-state index contributed by atoms with van der Waals surface area (Å²) >= 11 is 6.01. The highest BCUT2D eigenvalue weighted by Crippen LogP contribution is 2.25. The van der Waals surface area contributed by atoms with Gasteiger partial charge in [-0.1, -0.05) is 29.8 Å². The van der Waals surface area contributed by atoms with Crippen LogP contribution in [-0.4, -0.2) is 30.3 Å². The number of sulfonamides is 1. The fourth-order valence-electron chi connectivity index (χ4n) is 2.39. The van der Waals surface area contributed by atoms with Crippen molar-refractivity contribution in [2.24, 2.45) is 0 Å². The fraction of sp³-hybridized carbons (Fsp3) is 0.0526.